The van der Waals surface area contributed by atoms with E-state index in [0.717, 1.165) is 5.56 Å². The summed E-state index contributed by atoms with van der Waals surface area (Å²) in [5, 5.41) is 13.2. The fourth-order valence-corrected chi connectivity index (χ4v) is 3.90. The number of carbonyl (C=O) groups excluding carboxylic acids is 1. The van der Waals surface area contributed by atoms with Crippen LogP contribution in [0.4, 0.5) is 0 Å². The van der Waals surface area contributed by atoms with Crippen molar-refractivity contribution in [2.75, 3.05) is 20.6 Å². The zero-order valence-electron chi connectivity index (χ0n) is 16.6. The first kappa shape index (κ1) is 20.7. The van der Waals surface area contributed by atoms with Crippen LogP contribution in [0.1, 0.15) is 36.3 Å². The third-order valence-corrected chi connectivity index (χ3v) is 5.93. The van der Waals surface area contributed by atoms with Crippen LogP contribution in [0.25, 0.3) is 0 Å². The number of nitrogens with one attached hydrogen (secondary N) is 1. The second-order valence-electron chi connectivity index (χ2n) is 7.96. The van der Waals surface area contributed by atoms with Crippen molar-refractivity contribution in [3.63, 3.8) is 0 Å². The fourth-order valence-electron chi connectivity index (χ4n) is 3.65. The lowest BCUT2D eigenvalue weighted by molar-refractivity contribution is -0.121. The van der Waals surface area contributed by atoms with E-state index in [0.29, 0.717) is 36.2 Å². The maximum absolute atomic E-state index is 12.7. The lowest BCUT2D eigenvalue weighted by Gasteiger charge is -2.26. The molecular weight excluding hydrogens is 372 g/mol. The molecule has 1 amide bonds. The first-order valence-electron chi connectivity index (χ1n) is 9.89. The van der Waals surface area contributed by atoms with Gasteiger partial charge in [-0.05, 0) is 68.5 Å². The van der Waals surface area contributed by atoms with E-state index in [1.807, 2.05) is 38.4 Å². The summed E-state index contributed by atoms with van der Waals surface area (Å²) in [5.41, 5.74) is 2.23. The Labute approximate surface area is 172 Å². The summed E-state index contributed by atoms with van der Waals surface area (Å²) in [6, 6.07) is 15.5. The van der Waals surface area contributed by atoms with E-state index in [4.69, 9.17) is 11.6 Å². The zero-order chi connectivity index (χ0) is 20.1. The van der Waals surface area contributed by atoms with Crippen molar-refractivity contribution in [3.8, 4) is 5.75 Å². The van der Waals surface area contributed by atoms with Gasteiger partial charge in [0.05, 0.1) is 0 Å². The summed E-state index contributed by atoms with van der Waals surface area (Å²) in [6.07, 6.45) is 3.67. The first-order valence-corrected chi connectivity index (χ1v) is 10.3. The summed E-state index contributed by atoms with van der Waals surface area (Å²) in [4.78, 5) is 14.8. The predicted octanol–water partition coefficient (Wildman–Crippen LogP) is 4.22. The first-order chi connectivity index (χ1) is 13.4. The summed E-state index contributed by atoms with van der Waals surface area (Å²) in [6.45, 7) is 0.565. The molecule has 0 saturated heterocycles. The van der Waals surface area contributed by atoms with E-state index in [1.165, 1.54) is 18.4 Å². The van der Waals surface area contributed by atoms with Crippen molar-refractivity contribution in [2.45, 2.75) is 37.6 Å². The zero-order valence-corrected chi connectivity index (χ0v) is 17.3. The lowest BCUT2D eigenvalue weighted by atomic mass is 9.90. The molecule has 2 aromatic rings. The monoisotopic (exact) mass is 400 g/mol. The fraction of sp³-hybridized carbons (Fsp3) is 0.435. The third-order valence-electron chi connectivity index (χ3n) is 5.58. The molecule has 1 aliphatic rings. The maximum atomic E-state index is 12.7. The molecular formula is C23H29ClN2O2. The quantitative estimate of drug-likeness (QED) is 0.662. The largest absolute Gasteiger partial charge is 0.508 e. The van der Waals surface area contributed by atoms with E-state index in [-0.39, 0.29) is 17.7 Å². The number of phenols is 1. The number of aromatic hydroxyl groups is 1. The minimum absolute atomic E-state index is 0.101. The second kappa shape index (κ2) is 9.44. The molecule has 0 heterocycles. The van der Waals surface area contributed by atoms with Gasteiger partial charge in [0.2, 0.25) is 5.91 Å². The van der Waals surface area contributed by atoms with Crippen LogP contribution >= 0.6 is 11.6 Å². The number of carbonyl (C=O) groups is 1. The highest BCUT2D eigenvalue weighted by atomic mass is 35.5. The molecule has 28 heavy (non-hydrogen) atoms. The van der Waals surface area contributed by atoms with Crippen LogP contribution in [0.2, 0.25) is 5.02 Å². The van der Waals surface area contributed by atoms with Gasteiger partial charge >= 0.3 is 0 Å². The molecule has 5 heteroatoms. The van der Waals surface area contributed by atoms with E-state index < -0.39 is 0 Å². The molecule has 2 atom stereocenters. The molecule has 0 unspecified atom stereocenters. The SMILES string of the molecule is CN(C)[C@H](CNC(=O)C[C@@H](c1ccccc1)C1CC1)Cc1ccc(O)cc1Cl. The number of phenolic OH excluding ortho intramolecular Hbond substituents is 1. The average Bonchev–Trinajstić information content (AvgIpc) is 3.50. The Balaban J connectivity index is 1.57. The van der Waals surface area contributed by atoms with Crippen molar-refractivity contribution < 1.29 is 9.90 Å². The molecule has 0 radical (unpaired) electrons. The van der Waals surface area contributed by atoms with Gasteiger partial charge in [-0.2, -0.15) is 0 Å². The molecule has 150 valence electrons. The van der Waals surface area contributed by atoms with E-state index >= 15 is 0 Å². The number of amides is 1. The number of likely N-dealkylation sites (N-methyl/N-ethyl adjacent to an activating group) is 1. The summed E-state index contributed by atoms with van der Waals surface area (Å²) >= 11 is 6.25. The Bertz CT molecular complexity index is 790. The van der Waals surface area contributed by atoms with Crippen LogP contribution in [0.3, 0.4) is 0 Å². The van der Waals surface area contributed by atoms with E-state index in [2.05, 4.69) is 22.3 Å². The van der Waals surface area contributed by atoms with Crippen molar-refractivity contribution in [1.29, 1.82) is 0 Å². The third kappa shape index (κ3) is 5.73. The Morgan fingerprint density at radius 1 is 1.21 bits per heavy atom. The standard InChI is InChI=1S/C23H29ClN2O2/c1-26(2)19(12-18-10-11-20(27)13-22(18)24)15-25-23(28)14-21(17-8-9-17)16-6-4-3-5-7-16/h3-7,10-11,13,17,19,21,27H,8-9,12,14-15H2,1-2H3,(H,25,28)/t19-,21-/m0/s1. The molecule has 1 fully saturated rings. The molecule has 1 saturated carbocycles. The number of hydrogen-bond donors (Lipinski definition) is 2. The Hall–Kier alpha value is -2.04. The molecule has 0 bridgehead atoms. The average molecular weight is 401 g/mol. The normalized spacial score (nSPS) is 16.0. The van der Waals surface area contributed by atoms with Gasteiger partial charge in [-0.25, -0.2) is 0 Å². The van der Waals surface area contributed by atoms with Gasteiger partial charge in [0.1, 0.15) is 5.75 Å². The Kier molecular flexibility index (Phi) is 6.97. The molecule has 4 nitrogen and oxygen atoms in total. The molecule has 2 aromatic carbocycles. The molecule has 0 aromatic heterocycles. The maximum Gasteiger partial charge on any atom is 0.220 e. The van der Waals surface area contributed by atoms with Crippen LogP contribution in [0, 0.1) is 5.92 Å². The Morgan fingerprint density at radius 2 is 1.93 bits per heavy atom. The van der Waals surface area contributed by atoms with Crippen LogP contribution in [-0.4, -0.2) is 42.6 Å². The van der Waals surface area contributed by atoms with Gasteiger partial charge in [-0.1, -0.05) is 48.0 Å². The van der Waals surface area contributed by atoms with Crippen LogP contribution in [-0.2, 0) is 11.2 Å². The molecule has 0 aliphatic heterocycles. The van der Waals surface area contributed by atoms with Crippen molar-refractivity contribution in [1.82, 2.24) is 10.2 Å². The van der Waals surface area contributed by atoms with Gasteiger partial charge in [0.25, 0.3) is 0 Å². The molecule has 1 aliphatic carbocycles. The predicted molar refractivity (Wildman–Crippen MR) is 114 cm³/mol. The highest BCUT2D eigenvalue weighted by Crippen LogP contribution is 2.44. The highest BCUT2D eigenvalue weighted by Gasteiger charge is 2.33. The van der Waals surface area contributed by atoms with Gasteiger partial charge in [-0.3, -0.25) is 4.79 Å². The second-order valence-corrected chi connectivity index (χ2v) is 8.37. The highest BCUT2D eigenvalue weighted by molar-refractivity contribution is 6.31. The van der Waals surface area contributed by atoms with Crippen molar-refractivity contribution in [2.24, 2.45) is 5.92 Å². The van der Waals surface area contributed by atoms with Gasteiger partial charge in [-0.15, -0.1) is 0 Å². The summed E-state index contributed by atoms with van der Waals surface area (Å²) in [7, 11) is 4.00. The van der Waals surface area contributed by atoms with Crippen LogP contribution in [0.15, 0.2) is 48.5 Å². The topological polar surface area (TPSA) is 52.6 Å². The van der Waals surface area contributed by atoms with Gasteiger partial charge in [0.15, 0.2) is 0 Å². The van der Waals surface area contributed by atoms with Gasteiger partial charge < -0.3 is 15.3 Å². The molecule has 3 rings (SSSR count). The Morgan fingerprint density at radius 3 is 2.54 bits per heavy atom. The minimum atomic E-state index is 0.101. The minimum Gasteiger partial charge on any atom is -0.508 e. The number of nitrogens with zero attached hydrogens (tertiary/aromatic N) is 1. The van der Waals surface area contributed by atoms with E-state index in [1.54, 1.807) is 12.1 Å². The van der Waals surface area contributed by atoms with Gasteiger partial charge in [0, 0.05) is 24.0 Å². The number of halogens is 1. The van der Waals surface area contributed by atoms with Crippen LogP contribution in [0.5, 0.6) is 5.75 Å². The number of hydrogen-bond acceptors (Lipinski definition) is 3. The van der Waals surface area contributed by atoms with Crippen LogP contribution < -0.4 is 5.32 Å². The smallest absolute Gasteiger partial charge is 0.220 e. The van der Waals surface area contributed by atoms with Crippen molar-refractivity contribution >= 4 is 17.5 Å². The summed E-state index contributed by atoms with van der Waals surface area (Å²) < 4.78 is 0. The lowest BCUT2D eigenvalue weighted by Crippen LogP contribution is -2.42. The van der Waals surface area contributed by atoms with E-state index in [9.17, 15) is 9.90 Å². The number of benzene rings is 2. The molecule has 0 spiro atoms. The summed E-state index contributed by atoms with van der Waals surface area (Å²) in [5.74, 6) is 1.21. The molecule has 2 N–H and O–H groups in total. The van der Waals surface area contributed by atoms with Crippen molar-refractivity contribution in [3.05, 3.63) is 64.7 Å². The number of rotatable bonds is 9.